The van der Waals surface area contributed by atoms with Gasteiger partial charge in [-0.3, -0.25) is 0 Å². The maximum absolute atomic E-state index is 11.3. The van der Waals surface area contributed by atoms with Crippen LogP contribution in [0.2, 0.25) is 0 Å². The Hall–Kier alpha value is -2.78. The standard InChI is InChI=1S/C30H33BO2/c1-3-5-6-7-8-9-13-22(12-4-2)21-30(31,32)24-18-19-27-26(20-24)25-16-10-14-23-15-11-17-28(33-27)29(23)25/h3,10-11,14-21,32H,1,4-9,12-13H2,2H3/b22-21-. The predicted molar refractivity (Wildman–Crippen MR) is 140 cm³/mol. The molecule has 4 rings (SSSR count). The fourth-order valence-electron chi connectivity index (χ4n) is 4.79. The quantitative estimate of drug-likeness (QED) is 0.146. The number of rotatable bonds is 11. The number of ether oxygens (including phenoxy) is 1. The predicted octanol–water partition coefficient (Wildman–Crippen LogP) is 8.18. The van der Waals surface area contributed by atoms with Gasteiger partial charge in [0.15, 0.2) is 0 Å². The Morgan fingerprint density at radius 2 is 1.76 bits per heavy atom. The van der Waals surface area contributed by atoms with Crippen LogP contribution in [0.5, 0.6) is 11.5 Å². The van der Waals surface area contributed by atoms with Crippen LogP contribution in [0.1, 0.15) is 63.9 Å². The molecule has 3 aromatic carbocycles. The second-order valence-corrected chi connectivity index (χ2v) is 9.09. The molecular formula is C30H33BO2. The lowest BCUT2D eigenvalue weighted by molar-refractivity contribution is 0.179. The minimum absolute atomic E-state index is 0.681. The fraction of sp³-hybridized carbons (Fsp3) is 0.333. The van der Waals surface area contributed by atoms with Crippen LogP contribution in [0.25, 0.3) is 21.9 Å². The van der Waals surface area contributed by atoms with Crippen LogP contribution < -0.4 is 4.74 Å². The van der Waals surface area contributed by atoms with E-state index in [1.807, 2.05) is 42.5 Å². The number of aliphatic hydroxyl groups is 1. The van der Waals surface area contributed by atoms with Gasteiger partial charge in [-0.1, -0.05) is 80.3 Å². The van der Waals surface area contributed by atoms with Crippen LogP contribution in [0.3, 0.4) is 0 Å². The smallest absolute Gasteiger partial charge is 0.135 e. The van der Waals surface area contributed by atoms with E-state index < -0.39 is 5.50 Å². The normalized spacial score (nSPS) is 14.4. The number of hydrogen-bond acceptors (Lipinski definition) is 2. The van der Waals surface area contributed by atoms with E-state index in [1.54, 1.807) is 0 Å². The highest BCUT2D eigenvalue weighted by atomic mass is 16.5. The Morgan fingerprint density at radius 3 is 2.55 bits per heavy atom. The first kappa shape index (κ1) is 23.4. The summed E-state index contributed by atoms with van der Waals surface area (Å²) in [7, 11) is 6.49. The van der Waals surface area contributed by atoms with Crippen LogP contribution in [0.15, 0.2) is 78.9 Å². The molecule has 1 heterocycles. The summed E-state index contributed by atoms with van der Waals surface area (Å²) in [5.74, 6) is 1.66. The zero-order chi connectivity index (χ0) is 23.3. The monoisotopic (exact) mass is 436 g/mol. The average Bonchev–Trinajstić information content (AvgIpc) is 2.81. The number of benzene rings is 3. The van der Waals surface area contributed by atoms with Gasteiger partial charge in [-0.05, 0) is 66.8 Å². The third-order valence-electron chi connectivity index (χ3n) is 6.47. The van der Waals surface area contributed by atoms with Crippen molar-refractivity contribution in [3.05, 3.63) is 84.5 Å². The number of unbranched alkanes of at least 4 members (excludes halogenated alkanes) is 4. The molecule has 0 saturated carbocycles. The van der Waals surface area contributed by atoms with Crippen LogP contribution >= 0.6 is 0 Å². The molecule has 0 aliphatic carbocycles. The van der Waals surface area contributed by atoms with Gasteiger partial charge in [0.2, 0.25) is 0 Å². The first-order chi connectivity index (χ1) is 16.0. The minimum Gasteiger partial charge on any atom is -0.456 e. The molecule has 3 aromatic rings. The first-order valence-electron chi connectivity index (χ1n) is 12.2. The van der Waals surface area contributed by atoms with Gasteiger partial charge >= 0.3 is 0 Å². The molecule has 0 spiro atoms. The molecule has 1 unspecified atom stereocenters. The number of allylic oxidation sites excluding steroid dienone is 2. The summed E-state index contributed by atoms with van der Waals surface area (Å²) in [5, 5.41) is 13.5. The van der Waals surface area contributed by atoms with Gasteiger partial charge in [-0.15, -0.1) is 6.58 Å². The Morgan fingerprint density at radius 1 is 0.970 bits per heavy atom. The van der Waals surface area contributed by atoms with E-state index in [0.717, 1.165) is 65.5 Å². The summed E-state index contributed by atoms with van der Waals surface area (Å²) in [5.41, 5.74) is 2.47. The SMILES string of the molecule is [B]C(O)(/C=C(/CCC)CCCCCCC=C)c1ccc2c(c1)-c1cccc3cccc(c13)O2. The molecule has 33 heavy (non-hydrogen) atoms. The number of hydrogen-bond donors (Lipinski definition) is 1. The lowest BCUT2D eigenvalue weighted by Gasteiger charge is -2.26. The van der Waals surface area contributed by atoms with Crippen LogP contribution in [-0.4, -0.2) is 13.0 Å². The van der Waals surface area contributed by atoms with Gasteiger partial charge in [0.25, 0.3) is 0 Å². The van der Waals surface area contributed by atoms with Crippen LogP contribution in [0.4, 0.5) is 0 Å². The van der Waals surface area contributed by atoms with Crippen molar-refractivity contribution < 1.29 is 9.84 Å². The zero-order valence-electron chi connectivity index (χ0n) is 19.6. The van der Waals surface area contributed by atoms with Crippen molar-refractivity contribution >= 4 is 18.6 Å². The molecule has 2 radical (unpaired) electrons. The molecule has 0 aromatic heterocycles. The second-order valence-electron chi connectivity index (χ2n) is 9.09. The molecule has 2 nitrogen and oxygen atoms in total. The summed E-state index contributed by atoms with van der Waals surface area (Å²) in [6.45, 7) is 5.96. The minimum atomic E-state index is -1.52. The molecule has 1 N–H and O–H groups in total. The van der Waals surface area contributed by atoms with Gasteiger partial charge < -0.3 is 9.84 Å². The highest BCUT2D eigenvalue weighted by Crippen LogP contribution is 2.47. The van der Waals surface area contributed by atoms with Crippen molar-refractivity contribution in [3.8, 4) is 22.6 Å². The third kappa shape index (κ3) is 5.25. The van der Waals surface area contributed by atoms with Gasteiger partial charge in [0.1, 0.15) is 19.3 Å². The molecule has 1 aliphatic heterocycles. The van der Waals surface area contributed by atoms with E-state index in [9.17, 15) is 5.11 Å². The maximum Gasteiger partial charge on any atom is 0.135 e. The summed E-state index contributed by atoms with van der Waals surface area (Å²) >= 11 is 0. The van der Waals surface area contributed by atoms with Crippen molar-refractivity contribution in [3.63, 3.8) is 0 Å². The van der Waals surface area contributed by atoms with Crippen LogP contribution in [0, 0.1) is 0 Å². The molecule has 3 heteroatoms. The second kappa shape index (κ2) is 10.4. The molecule has 0 bridgehead atoms. The Balaban J connectivity index is 1.59. The molecule has 0 amide bonds. The third-order valence-corrected chi connectivity index (χ3v) is 6.47. The Labute approximate surface area is 199 Å². The van der Waals surface area contributed by atoms with Crippen molar-refractivity contribution in [2.45, 2.75) is 63.8 Å². The van der Waals surface area contributed by atoms with Crippen molar-refractivity contribution in [1.29, 1.82) is 0 Å². The van der Waals surface area contributed by atoms with Gasteiger partial charge in [-0.25, -0.2) is 0 Å². The average molecular weight is 436 g/mol. The topological polar surface area (TPSA) is 29.5 Å². The van der Waals surface area contributed by atoms with Gasteiger partial charge in [0.05, 0.1) is 5.50 Å². The summed E-state index contributed by atoms with van der Waals surface area (Å²) in [6, 6.07) is 18.2. The molecular weight excluding hydrogens is 403 g/mol. The Kier molecular flexibility index (Phi) is 7.40. The molecule has 0 fully saturated rings. The van der Waals surface area contributed by atoms with Crippen molar-refractivity contribution in [2.75, 3.05) is 0 Å². The van der Waals surface area contributed by atoms with Crippen molar-refractivity contribution in [2.24, 2.45) is 0 Å². The van der Waals surface area contributed by atoms with Gasteiger partial charge in [0, 0.05) is 10.9 Å². The molecule has 1 aliphatic rings. The van der Waals surface area contributed by atoms with Crippen LogP contribution in [-0.2, 0) is 5.50 Å². The van der Waals surface area contributed by atoms with E-state index in [1.165, 1.54) is 24.8 Å². The summed E-state index contributed by atoms with van der Waals surface area (Å²) in [6.07, 6.45) is 12.6. The maximum atomic E-state index is 11.3. The zero-order valence-corrected chi connectivity index (χ0v) is 19.6. The lowest BCUT2D eigenvalue weighted by Crippen LogP contribution is -2.24. The van der Waals surface area contributed by atoms with Gasteiger partial charge in [-0.2, -0.15) is 0 Å². The molecule has 1 atom stereocenters. The van der Waals surface area contributed by atoms with E-state index >= 15 is 0 Å². The molecule has 168 valence electrons. The van der Waals surface area contributed by atoms with E-state index in [-0.39, 0.29) is 0 Å². The molecule has 0 saturated heterocycles. The van der Waals surface area contributed by atoms with E-state index in [2.05, 4.69) is 37.8 Å². The van der Waals surface area contributed by atoms with Crippen molar-refractivity contribution in [1.82, 2.24) is 0 Å². The summed E-state index contributed by atoms with van der Waals surface area (Å²) in [4.78, 5) is 0. The largest absolute Gasteiger partial charge is 0.456 e. The highest BCUT2D eigenvalue weighted by molar-refractivity contribution is 6.16. The summed E-state index contributed by atoms with van der Waals surface area (Å²) < 4.78 is 6.19. The lowest BCUT2D eigenvalue weighted by atomic mass is 9.73. The van der Waals surface area contributed by atoms with E-state index in [4.69, 9.17) is 12.6 Å². The Bertz CT molecular complexity index is 1150. The fourth-order valence-corrected chi connectivity index (χ4v) is 4.79. The first-order valence-corrected chi connectivity index (χ1v) is 12.2. The van der Waals surface area contributed by atoms with E-state index in [0.29, 0.717) is 5.56 Å². The number of fused-ring (bicyclic) bond motifs is 2. The highest BCUT2D eigenvalue weighted by Gasteiger charge is 2.25.